The number of hydrogen-bond acceptors (Lipinski definition) is 4. The van der Waals surface area contributed by atoms with E-state index in [1.807, 2.05) is 6.92 Å². The molecule has 0 spiro atoms. The van der Waals surface area contributed by atoms with Gasteiger partial charge in [0, 0.05) is 7.05 Å². The molecule has 6 heteroatoms. The van der Waals surface area contributed by atoms with Gasteiger partial charge in [-0.2, -0.15) is 0 Å². The minimum atomic E-state index is -0.364. The first-order chi connectivity index (χ1) is 6.56. The molecule has 0 aliphatic carbocycles. The summed E-state index contributed by atoms with van der Waals surface area (Å²) in [6, 6.07) is -0.364. The van der Waals surface area contributed by atoms with Gasteiger partial charge in [0.15, 0.2) is 0 Å². The Kier molecular flexibility index (Phi) is 5.82. The van der Waals surface area contributed by atoms with Crippen LogP contribution in [0.2, 0.25) is 0 Å². The van der Waals surface area contributed by atoms with Crippen LogP contribution in [0.4, 0.5) is 0 Å². The Morgan fingerprint density at radius 3 is 2.43 bits per heavy atom. The van der Waals surface area contributed by atoms with E-state index in [0.717, 1.165) is 0 Å². The Hall–Kier alpha value is -1.14. The topological polar surface area (TPSA) is 87.5 Å². The third-order valence-electron chi connectivity index (χ3n) is 2.04. The highest BCUT2D eigenvalue weighted by Crippen LogP contribution is 2.00. The molecule has 0 rings (SSSR count). The molecule has 0 heterocycles. The molecule has 0 radical (unpaired) electrons. The van der Waals surface area contributed by atoms with Crippen molar-refractivity contribution in [3.63, 3.8) is 0 Å². The van der Waals surface area contributed by atoms with Gasteiger partial charge in [0.1, 0.15) is 0 Å². The van der Waals surface area contributed by atoms with Gasteiger partial charge in [-0.15, -0.1) is 0 Å². The van der Waals surface area contributed by atoms with Crippen LogP contribution in [0.1, 0.15) is 13.3 Å². The zero-order valence-corrected chi connectivity index (χ0v) is 8.83. The van der Waals surface area contributed by atoms with Gasteiger partial charge in [0.25, 0.3) is 5.91 Å². The molecular weight excluding hydrogens is 184 g/mol. The molecule has 0 bridgehead atoms. The summed E-state index contributed by atoms with van der Waals surface area (Å²) in [4.78, 5) is 23.9. The quantitative estimate of drug-likeness (QED) is 0.285. The van der Waals surface area contributed by atoms with Crippen LogP contribution in [0.5, 0.6) is 0 Å². The normalized spacial score (nSPS) is 12.4. The number of rotatable bonds is 5. The number of hydrogen-bond donors (Lipinski definition) is 3. The highest BCUT2D eigenvalue weighted by molar-refractivity contribution is 5.83. The van der Waals surface area contributed by atoms with Gasteiger partial charge in [0.05, 0.1) is 12.6 Å². The Morgan fingerprint density at radius 2 is 2.07 bits per heavy atom. The van der Waals surface area contributed by atoms with Crippen molar-refractivity contribution in [3.8, 4) is 0 Å². The minimum Gasteiger partial charge on any atom is -0.358 e. The molecule has 4 N–H and O–H groups in total. The highest BCUT2D eigenvalue weighted by Gasteiger charge is 2.21. The maximum atomic E-state index is 11.2. The van der Waals surface area contributed by atoms with E-state index in [1.165, 1.54) is 0 Å². The fourth-order valence-corrected chi connectivity index (χ4v) is 1.21. The van der Waals surface area contributed by atoms with E-state index >= 15 is 0 Å². The summed E-state index contributed by atoms with van der Waals surface area (Å²) >= 11 is 0. The van der Waals surface area contributed by atoms with Gasteiger partial charge in [-0.05, 0) is 13.5 Å². The van der Waals surface area contributed by atoms with Gasteiger partial charge >= 0.3 is 0 Å². The predicted molar refractivity (Wildman–Crippen MR) is 53.1 cm³/mol. The van der Waals surface area contributed by atoms with Crippen molar-refractivity contribution in [1.29, 1.82) is 0 Å². The molecular formula is C8H18N4O2. The maximum Gasteiger partial charge on any atom is 0.251 e. The number of carbonyl (C=O) groups excluding carboxylic acids is 2. The molecule has 0 aliphatic heterocycles. The van der Waals surface area contributed by atoms with Crippen LogP contribution in [-0.2, 0) is 9.59 Å². The molecule has 0 saturated heterocycles. The number of nitrogens with zero attached hydrogens (tertiary/aromatic N) is 1. The maximum absolute atomic E-state index is 11.2. The number of carbonyl (C=O) groups is 2. The molecule has 2 amide bonds. The molecule has 1 unspecified atom stereocenters. The van der Waals surface area contributed by atoms with Crippen molar-refractivity contribution in [2.24, 2.45) is 5.84 Å². The van der Waals surface area contributed by atoms with Gasteiger partial charge in [-0.3, -0.25) is 19.9 Å². The third-order valence-corrected chi connectivity index (χ3v) is 2.04. The first kappa shape index (κ1) is 12.9. The molecule has 6 nitrogen and oxygen atoms in total. The minimum absolute atomic E-state index is 0.129. The lowest BCUT2D eigenvalue weighted by Gasteiger charge is -2.24. The second kappa shape index (κ2) is 6.33. The third kappa shape index (κ3) is 3.71. The summed E-state index contributed by atoms with van der Waals surface area (Å²) in [5.74, 6) is 4.62. The van der Waals surface area contributed by atoms with Crippen LogP contribution < -0.4 is 16.6 Å². The van der Waals surface area contributed by atoms with Crippen LogP contribution in [0.3, 0.4) is 0 Å². The molecule has 0 saturated carbocycles. The number of hydrazine groups is 1. The van der Waals surface area contributed by atoms with Gasteiger partial charge in [0.2, 0.25) is 5.91 Å². The standard InChI is InChI=1S/C8H18N4O2/c1-4-6(8(14)11-9)12(3)5-7(13)10-2/h6H,4-5,9H2,1-3H3,(H,10,13)(H,11,14). The summed E-state index contributed by atoms with van der Waals surface area (Å²) < 4.78 is 0. The van der Waals surface area contributed by atoms with Gasteiger partial charge < -0.3 is 5.32 Å². The lowest BCUT2D eigenvalue weighted by molar-refractivity contribution is -0.128. The Labute approximate surface area is 83.8 Å². The lowest BCUT2D eigenvalue weighted by atomic mass is 10.2. The molecule has 0 aromatic heterocycles. The number of nitrogens with one attached hydrogen (secondary N) is 2. The van der Waals surface area contributed by atoms with Crippen LogP contribution >= 0.6 is 0 Å². The van der Waals surface area contributed by atoms with E-state index in [-0.39, 0.29) is 24.4 Å². The number of nitrogens with two attached hydrogens (primary N) is 1. The second-order valence-electron chi connectivity index (χ2n) is 3.02. The molecule has 82 valence electrons. The van der Waals surface area contributed by atoms with Crippen molar-refractivity contribution >= 4 is 11.8 Å². The smallest absolute Gasteiger partial charge is 0.251 e. The molecule has 0 fully saturated rings. The van der Waals surface area contributed by atoms with Crippen molar-refractivity contribution in [2.45, 2.75) is 19.4 Å². The Bertz CT molecular complexity index is 208. The van der Waals surface area contributed by atoms with Crippen LogP contribution in [0.15, 0.2) is 0 Å². The van der Waals surface area contributed by atoms with E-state index in [4.69, 9.17) is 5.84 Å². The molecule has 0 aliphatic rings. The van der Waals surface area contributed by atoms with E-state index < -0.39 is 0 Å². The summed E-state index contributed by atoms with van der Waals surface area (Å²) in [6.45, 7) is 2.04. The Balaban J connectivity index is 4.23. The monoisotopic (exact) mass is 202 g/mol. The van der Waals surface area contributed by atoms with Gasteiger partial charge in [-0.25, -0.2) is 5.84 Å². The molecule has 14 heavy (non-hydrogen) atoms. The van der Waals surface area contributed by atoms with Crippen molar-refractivity contribution in [3.05, 3.63) is 0 Å². The summed E-state index contributed by atoms with van der Waals surface area (Å²) in [5.41, 5.74) is 2.08. The van der Waals surface area contributed by atoms with Gasteiger partial charge in [-0.1, -0.05) is 6.92 Å². The zero-order chi connectivity index (χ0) is 11.1. The summed E-state index contributed by atoms with van der Waals surface area (Å²) in [6.07, 6.45) is 0.608. The van der Waals surface area contributed by atoms with Crippen LogP contribution in [0, 0.1) is 0 Å². The van der Waals surface area contributed by atoms with E-state index in [0.29, 0.717) is 6.42 Å². The van der Waals surface area contributed by atoms with Crippen molar-refractivity contribution < 1.29 is 9.59 Å². The predicted octanol–water partition coefficient (Wildman–Crippen LogP) is -1.57. The molecule has 1 atom stereocenters. The highest BCUT2D eigenvalue weighted by atomic mass is 16.2. The first-order valence-corrected chi connectivity index (χ1v) is 4.48. The molecule has 0 aromatic rings. The van der Waals surface area contributed by atoms with E-state index in [9.17, 15) is 9.59 Å². The number of amides is 2. The fourth-order valence-electron chi connectivity index (χ4n) is 1.21. The Morgan fingerprint density at radius 1 is 1.50 bits per heavy atom. The zero-order valence-electron chi connectivity index (χ0n) is 8.83. The largest absolute Gasteiger partial charge is 0.358 e. The van der Waals surface area contributed by atoms with E-state index in [2.05, 4.69) is 10.7 Å². The molecule has 0 aromatic carbocycles. The SMILES string of the molecule is CCC(C(=O)NN)N(C)CC(=O)NC. The van der Waals surface area contributed by atoms with E-state index in [1.54, 1.807) is 19.0 Å². The second-order valence-corrected chi connectivity index (χ2v) is 3.02. The fraction of sp³-hybridized carbons (Fsp3) is 0.750. The lowest BCUT2D eigenvalue weighted by Crippen LogP contribution is -2.49. The van der Waals surface area contributed by atoms with Crippen LogP contribution in [0.25, 0.3) is 0 Å². The average molecular weight is 202 g/mol. The number of likely N-dealkylation sites (N-methyl/N-ethyl adjacent to an activating group) is 2. The van der Waals surface area contributed by atoms with Crippen LogP contribution in [-0.4, -0.2) is 43.4 Å². The summed E-state index contributed by atoms with van der Waals surface area (Å²) in [7, 11) is 3.26. The van der Waals surface area contributed by atoms with Crippen molar-refractivity contribution in [1.82, 2.24) is 15.6 Å². The summed E-state index contributed by atoms with van der Waals surface area (Å²) in [5, 5.41) is 2.49. The average Bonchev–Trinajstić information content (AvgIpc) is 2.18. The van der Waals surface area contributed by atoms with Crippen molar-refractivity contribution in [2.75, 3.05) is 20.6 Å². The first-order valence-electron chi connectivity index (χ1n) is 4.48.